The van der Waals surface area contributed by atoms with Gasteiger partial charge in [-0.2, -0.15) is 5.26 Å². The highest BCUT2D eigenvalue weighted by atomic mass is 16.3. The van der Waals surface area contributed by atoms with Crippen LogP contribution in [0.2, 0.25) is 0 Å². The highest BCUT2D eigenvalue weighted by Crippen LogP contribution is 2.19. The molecule has 0 aliphatic heterocycles. The van der Waals surface area contributed by atoms with Gasteiger partial charge in [0.15, 0.2) is 5.76 Å². The molecule has 2 rings (SSSR count). The molecule has 14 heavy (non-hydrogen) atoms. The van der Waals surface area contributed by atoms with Gasteiger partial charge in [0.2, 0.25) is 0 Å². The maximum absolute atomic E-state index is 8.65. The van der Waals surface area contributed by atoms with E-state index in [2.05, 4.69) is 4.98 Å². The second-order valence-corrected chi connectivity index (χ2v) is 2.72. The third kappa shape index (κ3) is 1.31. The summed E-state index contributed by atoms with van der Waals surface area (Å²) in [5.74, 6) is 0.864. The molecule has 2 N–H and O–H groups in total. The summed E-state index contributed by atoms with van der Waals surface area (Å²) >= 11 is 0. The molecule has 68 valence electrons. The molecule has 0 atom stereocenters. The van der Waals surface area contributed by atoms with Gasteiger partial charge in [-0.3, -0.25) is 0 Å². The van der Waals surface area contributed by atoms with Gasteiger partial charge in [0.25, 0.3) is 0 Å². The van der Waals surface area contributed by atoms with Crippen LogP contribution in [0.5, 0.6) is 0 Å². The van der Waals surface area contributed by atoms with Crippen molar-refractivity contribution >= 4 is 5.82 Å². The molecule has 2 aromatic rings. The molecule has 0 unspecified atom stereocenters. The van der Waals surface area contributed by atoms with E-state index in [1.165, 1.54) is 0 Å². The minimum atomic E-state index is 0.224. The van der Waals surface area contributed by atoms with Crippen LogP contribution in [-0.2, 0) is 0 Å². The fourth-order valence-corrected chi connectivity index (χ4v) is 1.13. The summed E-state index contributed by atoms with van der Waals surface area (Å²) in [5, 5.41) is 8.65. The molecule has 0 aromatic carbocycles. The number of rotatable bonds is 1. The van der Waals surface area contributed by atoms with Crippen molar-refractivity contribution in [1.82, 2.24) is 4.98 Å². The first-order valence-electron chi connectivity index (χ1n) is 4.02. The average molecular weight is 185 g/mol. The average Bonchev–Trinajstić information content (AvgIpc) is 2.70. The first-order valence-corrected chi connectivity index (χ1v) is 4.02. The maximum atomic E-state index is 8.65. The molecule has 0 spiro atoms. The minimum Gasteiger partial charge on any atom is -0.463 e. The van der Waals surface area contributed by atoms with E-state index in [1.807, 2.05) is 6.07 Å². The Morgan fingerprint density at radius 2 is 2.21 bits per heavy atom. The predicted molar refractivity (Wildman–Crippen MR) is 51.1 cm³/mol. The number of nitrogens with zero attached hydrogens (tertiary/aromatic N) is 2. The van der Waals surface area contributed by atoms with E-state index in [1.54, 1.807) is 30.5 Å². The smallest absolute Gasteiger partial charge is 0.152 e. The summed E-state index contributed by atoms with van der Waals surface area (Å²) in [6.07, 6.45) is 1.56. The summed E-state index contributed by atoms with van der Waals surface area (Å²) < 4.78 is 5.15. The van der Waals surface area contributed by atoms with Crippen LogP contribution in [0, 0.1) is 11.3 Å². The zero-order valence-electron chi connectivity index (χ0n) is 7.27. The number of nitriles is 1. The van der Waals surface area contributed by atoms with Gasteiger partial charge < -0.3 is 10.2 Å². The van der Waals surface area contributed by atoms with Crippen LogP contribution >= 0.6 is 0 Å². The van der Waals surface area contributed by atoms with Gasteiger partial charge in [-0.15, -0.1) is 0 Å². The summed E-state index contributed by atoms with van der Waals surface area (Å²) in [7, 11) is 0. The molecule has 0 aliphatic rings. The van der Waals surface area contributed by atoms with Crippen LogP contribution in [0.25, 0.3) is 11.5 Å². The lowest BCUT2D eigenvalue weighted by molar-refractivity contribution is 0.580. The Kier molecular flexibility index (Phi) is 1.92. The van der Waals surface area contributed by atoms with Crippen LogP contribution in [0.1, 0.15) is 5.56 Å². The van der Waals surface area contributed by atoms with Gasteiger partial charge in [-0.25, -0.2) is 4.98 Å². The van der Waals surface area contributed by atoms with E-state index in [4.69, 9.17) is 15.4 Å². The Morgan fingerprint density at radius 3 is 2.79 bits per heavy atom. The fraction of sp³-hybridized carbons (Fsp3) is 0. The molecule has 0 fully saturated rings. The SMILES string of the molecule is N#Cc1ccc(-c2ccco2)nc1N. The second-order valence-electron chi connectivity index (χ2n) is 2.72. The molecule has 0 saturated carbocycles. The van der Waals surface area contributed by atoms with E-state index < -0.39 is 0 Å². The van der Waals surface area contributed by atoms with Gasteiger partial charge >= 0.3 is 0 Å². The highest BCUT2D eigenvalue weighted by molar-refractivity contribution is 5.59. The van der Waals surface area contributed by atoms with Gasteiger partial charge in [0, 0.05) is 0 Å². The monoisotopic (exact) mass is 185 g/mol. The Hall–Kier alpha value is -2.28. The van der Waals surface area contributed by atoms with Crippen LogP contribution < -0.4 is 5.73 Å². The predicted octanol–water partition coefficient (Wildman–Crippen LogP) is 1.80. The molecule has 0 saturated heterocycles. The van der Waals surface area contributed by atoms with E-state index in [0.717, 1.165) is 0 Å². The van der Waals surface area contributed by atoms with Crippen LogP contribution in [0.4, 0.5) is 5.82 Å². The topological polar surface area (TPSA) is 75.8 Å². The minimum absolute atomic E-state index is 0.224. The molecule has 2 heterocycles. The fourth-order valence-electron chi connectivity index (χ4n) is 1.13. The number of nitrogen functional groups attached to an aromatic ring is 1. The van der Waals surface area contributed by atoms with Crippen LogP contribution in [0.15, 0.2) is 34.9 Å². The summed E-state index contributed by atoms with van der Waals surface area (Å²) in [6.45, 7) is 0. The lowest BCUT2D eigenvalue weighted by atomic mass is 10.2. The summed E-state index contributed by atoms with van der Waals surface area (Å²) in [4.78, 5) is 4.05. The molecule has 0 bridgehead atoms. The first kappa shape index (κ1) is 8.32. The zero-order chi connectivity index (χ0) is 9.97. The number of aromatic nitrogens is 1. The Bertz CT molecular complexity index is 483. The normalized spacial score (nSPS) is 9.64. The van der Waals surface area contributed by atoms with Crippen molar-refractivity contribution in [3.8, 4) is 17.5 Å². The molecule has 0 amide bonds. The number of pyridine rings is 1. The molecular weight excluding hydrogens is 178 g/mol. The highest BCUT2D eigenvalue weighted by Gasteiger charge is 2.05. The molecule has 4 heteroatoms. The molecule has 2 aromatic heterocycles. The number of anilines is 1. The van der Waals surface area contributed by atoms with Crippen LogP contribution in [-0.4, -0.2) is 4.98 Å². The van der Waals surface area contributed by atoms with Crippen molar-refractivity contribution in [1.29, 1.82) is 5.26 Å². The quantitative estimate of drug-likeness (QED) is 0.734. The standard InChI is InChI=1S/C10H7N3O/c11-6-7-3-4-8(13-10(7)12)9-2-1-5-14-9/h1-5H,(H2,12,13). The van der Waals surface area contributed by atoms with E-state index in [-0.39, 0.29) is 5.82 Å². The van der Waals surface area contributed by atoms with Gasteiger partial charge in [0.1, 0.15) is 17.6 Å². The van der Waals surface area contributed by atoms with Crippen molar-refractivity contribution in [2.75, 3.05) is 5.73 Å². The van der Waals surface area contributed by atoms with E-state index in [0.29, 0.717) is 17.0 Å². The molecule has 4 nitrogen and oxygen atoms in total. The Balaban J connectivity index is 2.49. The lowest BCUT2D eigenvalue weighted by Crippen LogP contribution is -1.95. The van der Waals surface area contributed by atoms with Crippen molar-refractivity contribution in [2.24, 2.45) is 0 Å². The third-order valence-corrected chi connectivity index (χ3v) is 1.82. The molecular formula is C10H7N3O. The van der Waals surface area contributed by atoms with Crippen molar-refractivity contribution < 1.29 is 4.42 Å². The van der Waals surface area contributed by atoms with Gasteiger partial charge in [-0.1, -0.05) is 0 Å². The first-order chi connectivity index (χ1) is 6.81. The Labute approximate surface area is 80.6 Å². The number of hydrogen-bond donors (Lipinski definition) is 1. The largest absolute Gasteiger partial charge is 0.463 e. The van der Waals surface area contributed by atoms with Crippen molar-refractivity contribution in [3.63, 3.8) is 0 Å². The van der Waals surface area contributed by atoms with Crippen LogP contribution in [0.3, 0.4) is 0 Å². The zero-order valence-corrected chi connectivity index (χ0v) is 7.27. The second kappa shape index (κ2) is 3.23. The lowest BCUT2D eigenvalue weighted by Gasteiger charge is -1.99. The molecule has 0 radical (unpaired) electrons. The summed E-state index contributed by atoms with van der Waals surface area (Å²) in [6, 6.07) is 8.83. The maximum Gasteiger partial charge on any atom is 0.152 e. The van der Waals surface area contributed by atoms with Crippen molar-refractivity contribution in [2.45, 2.75) is 0 Å². The third-order valence-electron chi connectivity index (χ3n) is 1.82. The Morgan fingerprint density at radius 1 is 1.36 bits per heavy atom. The summed E-state index contributed by atoms with van der Waals surface area (Å²) in [5.41, 5.74) is 6.57. The van der Waals surface area contributed by atoms with E-state index >= 15 is 0 Å². The van der Waals surface area contributed by atoms with Gasteiger partial charge in [0.05, 0.1) is 11.8 Å². The molecule has 0 aliphatic carbocycles. The van der Waals surface area contributed by atoms with Crippen molar-refractivity contribution in [3.05, 3.63) is 36.1 Å². The number of furan rings is 1. The van der Waals surface area contributed by atoms with Gasteiger partial charge in [-0.05, 0) is 24.3 Å². The number of nitrogens with two attached hydrogens (primary N) is 1. The number of hydrogen-bond acceptors (Lipinski definition) is 4. The van der Waals surface area contributed by atoms with E-state index in [9.17, 15) is 0 Å².